The van der Waals surface area contributed by atoms with E-state index in [0.717, 1.165) is 41.6 Å². The van der Waals surface area contributed by atoms with Gasteiger partial charge in [-0.15, -0.1) is 24.0 Å². The monoisotopic (exact) mass is 510 g/mol. The molecule has 6 nitrogen and oxygen atoms in total. The van der Waals surface area contributed by atoms with E-state index in [4.69, 9.17) is 9.47 Å². The van der Waals surface area contributed by atoms with Crippen LogP contribution >= 0.6 is 24.0 Å². The van der Waals surface area contributed by atoms with Crippen molar-refractivity contribution in [1.82, 2.24) is 15.2 Å². The average Bonchev–Trinajstić information content (AvgIpc) is 2.71. The molecule has 0 radical (unpaired) electrons. The zero-order chi connectivity index (χ0) is 20.1. The lowest BCUT2D eigenvalue weighted by Gasteiger charge is -2.35. The lowest BCUT2D eigenvalue weighted by Crippen LogP contribution is -2.48. The van der Waals surface area contributed by atoms with Crippen LogP contribution in [0, 0.1) is 20.8 Å². The smallest absolute Gasteiger partial charge is 0.194 e. The number of halogens is 1. The van der Waals surface area contributed by atoms with Crippen LogP contribution in [0.2, 0.25) is 0 Å². The third-order valence-corrected chi connectivity index (χ3v) is 5.28. The topological polar surface area (TPSA) is 59.0 Å². The summed E-state index contributed by atoms with van der Waals surface area (Å²) >= 11 is 0. The van der Waals surface area contributed by atoms with E-state index in [1.54, 1.807) is 7.11 Å². The Hall–Kier alpha value is -1.87. The number of hydrogen-bond donors (Lipinski definition) is 1. The first-order valence-electron chi connectivity index (χ1n) is 9.67. The minimum Gasteiger partial charge on any atom is -0.496 e. The molecule has 0 bridgehead atoms. The van der Waals surface area contributed by atoms with Crippen molar-refractivity contribution in [2.45, 2.75) is 33.4 Å². The van der Waals surface area contributed by atoms with Crippen LogP contribution in [0.25, 0.3) is 0 Å². The number of aryl methyl sites for hydroxylation is 2. The highest BCUT2D eigenvalue weighted by Gasteiger charge is 2.25. The van der Waals surface area contributed by atoms with Crippen molar-refractivity contribution in [3.8, 4) is 5.75 Å². The van der Waals surface area contributed by atoms with E-state index in [1.165, 1.54) is 11.1 Å². The number of benzene rings is 1. The van der Waals surface area contributed by atoms with Crippen molar-refractivity contribution in [2.24, 2.45) is 4.99 Å². The first-order chi connectivity index (χ1) is 13.5. The summed E-state index contributed by atoms with van der Waals surface area (Å²) in [5.74, 6) is 1.76. The van der Waals surface area contributed by atoms with Crippen molar-refractivity contribution < 1.29 is 9.47 Å². The minimum atomic E-state index is 0. The fourth-order valence-electron chi connectivity index (χ4n) is 3.72. The van der Waals surface area contributed by atoms with Gasteiger partial charge in [0.05, 0.1) is 32.5 Å². The van der Waals surface area contributed by atoms with E-state index in [0.29, 0.717) is 13.2 Å². The van der Waals surface area contributed by atoms with E-state index >= 15 is 0 Å². The summed E-state index contributed by atoms with van der Waals surface area (Å²) in [6.45, 7) is 9.04. The summed E-state index contributed by atoms with van der Waals surface area (Å²) in [6, 6.07) is 8.40. The summed E-state index contributed by atoms with van der Waals surface area (Å²) in [5, 5.41) is 3.46. The molecule has 0 amide bonds. The average molecular weight is 510 g/mol. The summed E-state index contributed by atoms with van der Waals surface area (Å²) in [6.07, 6.45) is 1.90. The van der Waals surface area contributed by atoms with Gasteiger partial charge in [0.25, 0.3) is 0 Å². The number of aromatic nitrogens is 1. The predicted molar refractivity (Wildman–Crippen MR) is 127 cm³/mol. The van der Waals surface area contributed by atoms with Gasteiger partial charge >= 0.3 is 0 Å². The second kappa shape index (κ2) is 10.8. The second-order valence-corrected chi connectivity index (χ2v) is 7.11. The van der Waals surface area contributed by atoms with Gasteiger partial charge in [0, 0.05) is 30.9 Å². The van der Waals surface area contributed by atoms with Gasteiger partial charge in [0.1, 0.15) is 11.9 Å². The minimum absolute atomic E-state index is 0. The van der Waals surface area contributed by atoms with Crippen LogP contribution in [-0.4, -0.2) is 49.7 Å². The third kappa shape index (κ3) is 5.39. The fraction of sp³-hybridized carbons (Fsp3) is 0.455. The number of nitrogens with zero attached hydrogens (tertiary/aromatic N) is 3. The van der Waals surface area contributed by atoms with Gasteiger partial charge in [0.2, 0.25) is 0 Å². The Morgan fingerprint density at radius 3 is 2.72 bits per heavy atom. The molecule has 0 saturated carbocycles. The Bertz CT molecular complexity index is 857. The molecule has 1 unspecified atom stereocenters. The fourth-order valence-corrected chi connectivity index (χ4v) is 3.72. The van der Waals surface area contributed by atoms with Gasteiger partial charge in [0.15, 0.2) is 5.96 Å². The standard InChI is InChI=1S/C22H30N4O2.HI/c1-15-8-6-7-9-18(15)20-14-26(10-11-28-20)22(23-4)25-13-19-17(3)21(27-5)16(2)12-24-19;/h6-9,12,20H,10-11,13-14H2,1-5H3,(H,23,25);1H. The molecule has 1 atom stereocenters. The van der Waals surface area contributed by atoms with Crippen LogP contribution in [0.5, 0.6) is 5.75 Å². The highest BCUT2D eigenvalue weighted by Crippen LogP contribution is 2.26. The molecule has 1 fully saturated rings. The zero-order valence-corrected chi connectivity index (χ0v) is 20.2. The second-order valence-electron chi connectivity index (χ2n) is 7.11. The first kappa shape index (κ1) is 23.4. The van der Waals surface area contributed by atoms with E-state index in [2.05, 4.69) is 51.4 Å². The Kier molecular flexibility index (Phi) is 8.70. The van der Waals surface area contributed by atoms with Crippen LogP contribution in [0.15, 0.2) is 35.5 Å². The predicted octanol–water partition coefficient (Wildman–Crippen LogP) is 3.78. The lowest BCUT2D eigenvalue weighted by molar-refractivity contribution is -0.00834. The molecule has 2 heterocycles. The van der Waals surface area contributed by atoms with Gasteiger partial charge in [-0.2, -0.15) is 0 Å². The van der Waals surface area contributed by atoms with Gasteiger partial charge in [-0.05, 0) is 31.9 Å². The van der Waals surface area contributed by atoms with Crippen molar-refractivity contribution in [2.75, 3.05) is 33.9 Å². The molecule has 3 rings (SSSR count). The molecule has 158 valence electrons. The highest BCUT2D eigenvalue weighted by molar-refractivity contribution is 14.0. The van der Waals surface area contributed by atoms with Crippen LogP contribution in [0.1, 0.15) is 34.1 Å². The van der Waals surface area contributed by atoms with E-state index in [-0.39, 0.29) is 30.1 Å². The summed E-state index contributed by atoms with van der Waals surface area (Å²) < 4.78 is 11.6. The highest BCUT2D eigenvalue weighted by atomic mass is 127. The molecule has 1 aromatic heterocycles. The molecule has 0 spiro atoms. The number of aliphatic imine (C=N–C) groups is 1. The van der Waals surface area contributed by atoms with E-state index < -0.39 is 0 Å². The van der Waals surface area contributed by atoms with Crippen molar-refractivity contribution in [3.63, 3.8) is 0 Å². The Balaban J connectivity index is 0.00000300. The molecule has 0 aliphatic carbocycles. The molecule has 2 aromatic rings. The van der Waals surface area contributed by atoms with Crippen LogP contribution in [-0.2, 0) is 11.3 Å². The van der Waals surface area contributed by atoms with Crippen molar-refractivity contribution >= 4 is 29.9 Å². The maximum atomic E-state index is 6.04. The van der Waals surface area contributed by atoms with E-state index in [1.807, 2.05) is 27.1 Å². The largest absolute Gasteiger partial charge is 0.496 e. The maximum Gasteiger partial charge on any atom is 0.194 e. The van der Waals surface area contributed by atoms with Gasteiger partial charge in [-0.25, -0.2) is 0 Å². The Morgan fingerprint density at radius 2 is 2.03 bits per heavy atom. The van der Waals surface area contributed by atoms with Gasteiger partial charge in [-0.1, -0.05) is 24.3 Å². The van der Waals surface area contributed by atoms with Crippen LogP contribution in [0.4, 0.5) is 0 Å². The Morgan fingerprint density at radius 1 is 1.28 bits per heavy atom. The number of rotatable bonds is 4. The molecule has 1 saturated heterocycles. The number of ether oxygens (including phenoxy) is 2. The molecule has 1 aromatic carbocycles. The quantitative estimate of drug-likeness (QED) is 0.386. The summed E-state index contributed by atoms with van der Waals surface area (Å²) in [4.78, 5) is 11.3. The molecule has 1 aliphatic rings. The summed E-state index contributed by atoms with van der Waals surface area (Å²) in [5.41, 5.74) is 5.56. The maximum absolute atomic E-state index is 6.04. The Labute approximate surface area is 190 Å². The van der Waals surface area contributed by atoms with Crippen molar-refractivity contribution in [1.29, 1.82) is 0 Å². The van der Waals surface area contributed by atoms with Crippen LogP contribution < -0.4 is 10.1 Å². The number of hydrogen-bond acceptors (Lipinski definition) is 4. The van der Waals surface area contributed by atoms with Crippen LogP contribution in [0.3, 0.4) is 0 Å². The molecular weight excluding hydrogens is 479 g/mol. The molecule has 29 heavy (non-hydrogen) atoms. The van der Waals surface area contributed by atoms with Gasteiger partial charge in [-0.3, -0.25) is 9.98 Å². The summed E-state index contributed by atoms with van der Waals surface area (Å²) in [7, 11) is 3.52. The number of guanidine groups is 1. The molecule has 1 N–H and O–H groups in total. The first-order valence-corrected chi connectivity index (χ1v) is 9.67. The molecule has 1 aliphatic heterocycles. The van der Waals surface area contributed by atoms with Crippen molar-refractivity contribution in [3.05, 3.63) is 58.4 Å². The molecule has 7 heteroatoms. The number of pyridine rings is 1. The number of morpholine rings is 1. The third-order valence-electron chi connectivity index (χ3n) is 5.28. The molecular formula is C22H31IN4O2. The lowest BCUT2D eigenvalue weighted by atomic mass is 10.0. The van der Waals surface area contributed by atoms with Gasteiger partial charge < -0.3 is 19.7 Å². The normalized spacial score (nSPS) is 16.9. The number of methoxy groups -OCH3 is 1. The van der Waals surface area contributed by atoms with E-state index in [9.17, 15) is 0 Å². The SMILES string of the molecule is CN=C(NCc1ncc(C)c(OC)c1C)N1CCOC(c2ccccc2C)C1.I. The number of nitrogens with one attached hydrogen (secondary N) is 1. The zero-order valence-electron chi connectivity index (χ0n) is 17.9.